The van der Waals surface area contributed by atoms with Crippen LogP contribution < -0.4 is 5.32 Å². The number of amides is 1. The van der Waals surface area contributed by atoms with Crippen molar-refractivity contribution in [1.82, 2.24) is 15.1 Å². The van der Waals surface area contributed by atoms with E-state index in [0.717, 1.165) is 16.7 Å². The van der Waals surface area contributed by atoms with Gasteiger partial charge in [-0.05, 0) is 28.3 Å². The predicted octanol–water partition coefficient (Wildman–Crippen LogP) is 5.33. The van der Waals surface area contributed by atoms with Gasteiger partial charge >= 0.3 is 6.09 Å². The Morgan fingerprint density at radius 1 is 1.03 bits per heavy atom. The Morgan fingerprint density at radius 2 is 1.69 bits per heavy atom. The zero-order valence-electron chi connectivity index (χ0n) is 18.7. The molecule has 5 rings (SSSR count). The van der Waals surface area contributed by atoms with Gasteiger partial charge in [-0.1, -0.05) is 72.8 Å². The number of carbonyl (C=O) groups is 1. The molecule has 8 nitrogen and oxygen atoms in total. The molecule has 0 unspecified atom stereocenters. The lowest BCUT2D eigenvalue weighted by Gasteiger charge is -2.14. The fourth-order valence-corrected chi connectivity index (χ4v) is 4.35. The summed E-state index contributed by atoms with van der Waals surface area (Å²) in [6.45, 7) is 0.527. The zero-order valence-corrected chi connectivity index (χ0v) is 18.7. The van der Waals surface area contributed by atoms with Crippen molar-refractivity contribution in [3.8, 4) is 16.8 Å². The molecular weight excluding hydrogens is 444 g/mol. The van der Waals surface area contributed by atoms with Crippen LogP contribution in [-0.2, 0) is 4.74 Å². The summed E-state index contributed by atoms with van der Waals surface area (Å²) in [5, 5.41) is 18.2. The highest BCUT2D eigenvalue weighted by Crippen LogP contribution is 2.44. The molecule has 1 heterocycles. The maximum absolute atomic E-state index is 12.3. The molecule has 1 N–H and O–H groups in total. The fraction of sp³-hybridized carbons (Fsp3) is 0.111. The van der Waals surface area contributed by atoms with Gasteiger partial charge in [-0.2, -0.15) is 5.10 Å². The van der Waals surface area contributed by atoms with E-state index in [2.05, 4.69) is 34.7 Å². The number of benzene rings is 3. The summed E-state index contributed by atoms with van der Waals surface area (Å²) < 4.78 is 6.98. The molecule has 8 heteroatoms. The van der Waals surface area contributed by atoms with E-state index in [1.807, 2.05) is 24.3 Å². The molecule has 1 amide bonds. The van der Waals surface area contributed by atoms with Crippen LogP contribution in [0.5, 0.6) is 0 Å². The van der Waals surface area contributed by atoms with Crippen LogP contribution in [-0.4, -0.2) is 33.9 Å². The fourth-order valence-electron chi connectivity index (χ4n) is 4.35. The third-order valence-electron chi connectivity index (χ3n) is 5.95. The van der Waals surface area contributed by atoms with Gasteiger partial charge in [0.2, 0.25) is 0 Å². The van der Waals surface area contributed by atoms with Gasteiger partial charge in [0.05, 0.1) is 11.1 Å². The van der Waals surface area contributed by atoms with Gasteiger partial charge in [0.15, 0.2) is 0 Å². The Bertz CT molecular complexity index is 1380. The lowest BCUT2D eigenvalue weighted by Crippen LogP contribution is -2.26. The first-order valence-corrected chi connectivity index (χ1v) is 11.2. The standard InChI is InChI=1S/C27H22N4O4/c32-27(35-18-24-22-11-3-1-9-20(22)21-10-2-4-12-23(21)24)28-15-7-8-19-16-29-30(17-19)25-13-5-6-14-26(25)31(33)34/h1-14,16-17,24H,15,18H2,(H,28,32). The molecule has 1 aromatic heterocycles. The highest BCUT2D eigenvalue weighted by atomic mass is 16.6. The number of nitrogens with one attached hydrogen (secondary N) is 1. The van der Waals surface area contributed by atoms with Crippen LogP contribution in [0.15, 0.2) is 91.3 Å². The zero-order chi connectivity index (χ0) is 24.2. The number of fused-ring (bicyclic) bond motifs is 3. The highest BCUT2D eigenvalue weighted by molar-refractivity contribution is 5.79. The molecule has 0 atom stereocenters. The molecule has 0 bridgehead atoms. The topological polar surface area (TPSA) is 99.3 Å². The molecule has 0 spiro atoms. The Kier molecular flexibility index (Phi) is 6.09. The van der Waals surface area contributed by atoms with E-state index in [9.17, 15) is 14.9 Å². The van der Waals surface area contributed by atoms with Gasteiger partial charge in [0, 0.05) is 30.3 Å². The Hall–Kier alpha value is -4.72. The molecule has 35 heavy (non-hydrogen) atoms. The first-order chi connectivity index (χ1) is 17.1. The second-order valence-electron chi connectivity index (χ2n) is 8.07. The Balaban J connectivity index is 1.16. The van der Waals surface area contributed by atoms with Crippen molar-refractivity contribution < 1.29 is 14.5 Å². The number of para-hydroxylation sites is 2. The molecule has 174 valence electrons. The van der Waals surface area contributed by atoms with Crippen LogP contribution in [0.25, 0.3) is 22.9 Å². The summed E-state index contributed by atoms with van der Waals surface area (Å²) in [4.78, 5) is 23.1. The first-order valence-electron chi connectivity index (χ1n) is 11.2. The second-order valence-corrected chi connectivity index (χ2v) is 8.07. The molecule has 0 saturated heterocycles. The van der Waals surface area contributed by atoms with Crippen molar-refractivity contribution in [3.05, 3.63) is 118 Å². The van der Waals surface area contributed by atoms with E-state index in [-0.39, 0.29) is 24.8 Å². The summed E-state index contributed by atoms with van der Waals surface area (Å²) in [5.74, 6) is 0.0107. The Labute approximate surface area is 201 Å². The van der Waals surface area contributed by atoms with Crippen molar-refractivity contribution in [1.29, 1.82) is 0 Å². The van der Waals surface area contributed by atoms with E-state index >= 15 is 0 Å². The molecular formula is C27H22N4O4. The molecule has 1 aliphatic rings. The van der Waals surface area contributed by atoms with E-state index < -0.39 is 11.0 Å². The normalized spacial score (nSPS) is 12.3. The predicted molar refractivity (Wildman–Crippen MR) is 132 cm³/mol. The maximum atomic E-state index is 12.3. The molecule has 0 saturated carbocycles. The molecule has 1 aliphatic carbocycles. The van der Waals surface area contributed by atoms with E-state index in [0.29, 0.717) is 5.69 Å². The third kappa shape index (κ3) is 4.54. The monoisotopic (exact) mass is 466 g/mol. The van der Waals surface area contributed by atoms with E-state index in [4.69, 9.17) is 4.74 Å². The van der Waals surface area contributed by atoms with Crippen LogP contribution in [0.4, 0.5) is 10.5 Å². The van der Waals surface area contributed by atoms with Crippen LogP contribution in [0.3, 0.4) is 0 Å². The number of nitro groups is 1. The number of aromatic nitrogens is 2. The average Bonchev–Trinajstić information content (AvgIpc) is 3.48. The summed E-state index contributed by atoms with van der Waals surface area (Å²) in [7, 11) is 0. The van der Waals surface area contributed by atoms with Gasteiger partial charge in [-0.25, -0.2) is 9.48 Å². The van der Waals surface area contributed by atoms with Crippen molar-refractivity contribution in [3.63, 3.8) is 0 Å². The number of carbonyl (C=O) groups excluding carboxylic acids is 1. The van der Waals surface area contributed by atoms with Crippen LogP contribution in [0, 0.1) is 10.1 Å². The third-order valence-corrected chi connectivity index (χ3v) is 5.95. The maximum Gasteiger partial charge on any atom is 0.407 e. The summed E-state index contributed by atoms with van der Waals surface area (Å²) in [5.41, 5.74) is 5.80. The van der Waals surface area contributed by atoms with Crippen LogP contribution in [0.1, 0.15) is 22.6 Å². The molecule has 0 fully saturated rings. The quantitative estimate of drug-likeness (QED) is 0.293. The largest absolute Gasteiger partial charge is 0.449 e. The van der Waals surface area contributed by atoms with E-state index in [1.165, 1.54) is 21.9 Å². The van der Waals surface area contributed by atoms with Crippen LogP contribution >= 0.6 is 0 Å². The van der Waals surface area contributed by atoms with E-state index in [1.54, 1.807) is 42.7 Å². The molecule has 4 aromatic rings. The number of nitrogens with zero attached hydrogens (tertiary/aromatic N) is 3. The van der Waals surface area contributed by atoms with Crippen molar-refractivity contribution >= 4 is 17.9 Å². The number of nitro benzene ring substituents is 1. The number of alkyl carbamates (subject to hydrolysis) is 1. The minimum absolute atomic E-state index is 0.0107. The Morgan fingerprint density at radius 3 is 2.40 bits per heavy atom. The number of hydrogen-bond acceptors (Lipinski definition) is 5. The van der Waals surface area contributed by atoms with Gasteiger partial charge in [0.25, 0.3) is 5.69 Å². The number of ether oxygens (including phenoxy) is 1. The average molecular weight is 466 g/mol. The second kappa shape index (κ2) is 9.64. The van der Waals surface area contributed by atoms with Gasteiger partial charge < -0.3 is 10.1 Å². The van der Waals surface area contributed by atoms with Crippen molar-refractivity contribution in [2.75, 3.05) is 13.2 Å². The molecule has 0 radical (unpaired) electrons. The van der Waals surface area contributed by atoms with Crippen molar-refractivity contribution in [2.45, 2.75) is 5.92 Å². The lowest BCUT2D eigenvalue weighted by atomic mass is 9.98. The molecule has 3 aromatic carbocycles. The smallest absolute Gasteiger partial charge is 0.407 e. The summed E-state index contributed by atoms with van der Waals surface area (Å²) in [6, 6.07) is 22.8. The SMILES string of the molecule is O=C(NCC=Cc1cnn(-c2ccccc2[N+](=O)[O-])c1)OCC1c2ccccc2-c2ccccc21. The van der Waals surface area contributed by atoms with Crippen molar-refractivity contribution in [2.24, 2.45) is 0 Å². The molecule has 0 aliphatic heterocycles. The van der Waals surface area contributed by atoms with Gasteiger partial charge in [-0.3, -0.25) is 10.1 Å². The number of rotatable bonds is 7. The number of hydrogen-bond donors (Lipinski definition) is 1. The minimum Gasteiger partial charge on any atom is -0.449 e. The summed E-state index contributed by atoms with van der Waals surface area (Å²) >= 11 is 0. The summed E-state index contributed by atoms with van der Waals surface area (Å²) in [6.07, 6.45) is 6.34. The minimum atomic E-state index is -0.493. The highest BCUT2D eigenvalue weighted by Gasteiger charge is 2.28. The lowest BCUT2D eigenvalue weighted by molar-refractivity contribution is -0.384. The first kappa shape index (κ1) is 22.1. The van der Waals surface area contributed by atoms with Crippen LogP contribution in [0.2, 0.25) is 0 Å². The van der Waals surface area contributed by atoms with Gasteiger partial charge in [-0.15, -0.1) is 0 Å². The van der Waals surface area contributed by atoms with Gasteiger partial charge in [0.1, 0.15) is 12.3 Å².